The summed E-state index contributed by atoms with van der Waals surface area (Å²) in [6, 6.07) is 18.7. The van der Waals surface area contributed by atoms with E-state index >= 15 is 0 Å². The molecule has 4 rings (SSSR count). The van der Waals surface area contributed by atoms with Crippen molar-refractivity contribution in [2.75, 3.05) is 6.61 Å². The minimum atomic E-state index is -0.402. The predicted octanol–water partition coefficient (Wildman–Crippen LogP) is 6.38. The summed E-state index contributed by atoms with van der Waals surface area (Å²) < 4.78 is 22.2. The molecule has 0 saturated carbocycles. The second-order valence-corrected chi connectivity index (χ2v) is 7.64. The normalized spacial score (nSPS) is 10.7. The van der Waals surface area contributed by atoms with Gasteiger partial charge in [-0.3, -0.25) is 4.79 Å². The number of carbonyl (C=O) groups excluding carboxylic acids is 1. The molecule has 0 bridgehead atoms. The van der Waals surface area contributed by atoms with E-state index < -0.39 is 5.97 Å². The molecule has 33 heavy (non-hydrogen) atoms. The fourth-order valence-electron chi connectivity index (χ4n) is 3.09. The van der Waals surface area contributed by atoms with Gasteiger partial charge in [-0.15, -0.1) is 0 Å². The monoisotopic (exact) mass is 464 g/mol. The Bertz CT molecular complexity index is 1330. The van der Waals surface area contributed by atoms with Crippen molar-refractivity contribution in [3.63, 3.8) is 0 Å². The molecular weight excluding hydrogens is 444 g/mol. The van der Waals surface area contributed by atoms with E-state index in [-0.39, 0.29) is 11.2 Å². The number of rotatable bonds is 8. The molecule has 168 valence electrons. The average Bonchev–Trinajstić information content (AvgIpc) is 2.84. The van der Waals surface area contributed by atoms with E-state index in [4.69, 9.17) is 30.2 Å². The van der Waals surface area contributed by atoms with Crippen LogP contribution in [0.1, 0.15) is 29.3 Å². The molecule has 0 amide bonds. The molecule has 6 nitrogen and oxygen atoms in total. The van der Waals surface area contributed by atoms with Gasteiger partial charge in [0.15, 0.2) is 0 Å². The molecule has 0 N–H and O–H groups in total. The quantitative estimate of drug-likeness (QED) is 0.281. The van der Waals surface area contributed by atoms with Crippen LogP contribution in [0, 0.1) is 0 Å². The standard InChI is InChI=1S/C26H21ClO6/c1-2-13-30-26(29)17-7-9-19(10-8-17)33-24-16-32-23-14-20(11-12-21(23)25(24)28)31-15-18-5-3-4-6-22(18)27/h3-12,14,16H,2,13,15H2,1H3. The van der Waals surface area contributed by atoms with Gasteiger partial charge in [0.2, 0.25) is 11.2 Å². The number of carbonyl (C=O) groups is 1. The summed E-state index contributed by atoms with van der Waals surface area (Å²) in [5.41, 5.74) is 1.32. The van der Waals surface area contributed by atoms with Gasteiger partial charge >= 0.3 is 5.97 Å². The average molecular weight is 465 g/mol. The molecule has 7 heteroatoms. The van der Waals surface area contributed by atoms with Crippen LogP contribution < -0.4 is 14.9 Å². The van der Waals surface area contributed by atoms with Gasteiger partial charge in [-0.2, -0.15) is 0 Å². The van der Waals surface area contributed by atoms with Crippen molar-refractivity contribution in [1.82, 2.24) is 0 Å². The zero-order valence-corrected chi connectivity index (χ0v) is 18.6. The number of hydrogen-bond acceptors (Lipinski definition) is 6. The van der Waals surface area contributed by atoms with Gasteiger partial charge in [-0.25, -0.2) is 4.79 Å². The number of fused-ring (bicyclic) bond motifs is 1. The number of hydrogen-bond donors (Lipinski definition) is 0. The second-order valence-electron chi connectivity index (χ2n) is 7.23. The summed E-state index contributed by atoms with van der Waals surface area (Å²) in [4.78, 5) is 24.7. The van der Waals surface area contributed by atoms with Gasteiger partial charge in [0.05, 0.1) is 17.6 Å². The minimum Gasteiger partial charge on any atom is -0.489 e. The molecule has 0 aliphatic carbocycles. The first-order valence-electron chi connectivity index (χ1n) is 10.4. The first-order chi connectivity index (χ1) is 16.0. The van der Waals surface area contributed by atoms with E-state index in [0.717, 1.165) is 12.0 Å². The third-order valence-electron chi connectivity index (χ3n) is 4.82. The largest absolute Gasteiger partial charge is 0.489 e. The molecule has 0 aliphatic heterocycles. The summed E-state index contributed by atoms with van der Waals surface area (Å²) in [6.45, 7) is 2.58. The third kappa shape index (κ3) is 5.35. The molecular formula is C26H21ClO6. The molecule has 0 atom stereocenters. The van der Waals surface area contributed by atoms with Crippen LogP contribution >= 0.6 is 11.6 Å². The van der Waals surface area contributed by atoms with E-state index in [1.165, 1.54) is 6.26 Å². The van der Waals surface area contributed by atoms with E-state index in [0.29, 0.717) is 46.3 Å². The molecule has 0 saturated heterocycles. The van der Waals surface area contributed by atoms with Gasteiger partial charge in [0.25, 0.3) is 0 Å². The van der Waals surface area contributed by atoms with Crippen molar-refractivity contribution in [1.29, 1.82) is 0 Å². The number of esters is 1. The van der Waals surface area contributed by atoms with Crippen LogP contribution in [0.25, 0.3) is 11.0 Å². The summed E-state index contributed by atoms with van der Waals surface area (Å²) in [5, 5.41) is 0.981. The van der Waals surface area contributed by atoms with E-state index in [2.05, 4.69) is 0 Å². The Balaban J connectivity index is 1.48. The number of ether oxygens (including phenoxy) is 3. The predicted molar refractivity (Wildman–Crippen MR) is 125 cm³/mol. The maximum absolute atomic E-state index is 12.8. The van der Waals surface area contributed by atoms with Crippen LogP contribution in [0.5, 0.6) is 17.2 Å². The van der Waals surface area contributed by atoms with Gasteiger partial charge < -0.3 is 18.6 Å². The molecule has 1 heterocycles. The highest BCUT2D eigenvalue weighted by Gasteiger charge is 2.12. The van der Waals surface area contributed by atoms with Crippen LogP contribution in [0.4, 0.5) is 0 Å². The van der Waals surface area contributed by atoms with Crippen molar-refractivity contribution in [3.8, 4) is 17.2 Å². The Labute approximate surface area is 195 Å². The Morgan fingerprint density at radius 2 is 1.76 bits per heavy atom. The zero-order chi connectivity index (χ0) is 23.2. The van der Waals surface area contributed by atoms with Gasteiger partial charge in [-0.1, -0.05) is 36.7 Å². The minimum absolute atomic E-state index is 0.0357. The molecule has 0 fully saturated rings. The van der Waals surface area contributed by atoms with E-state index in [1.807, 2.05) is 25.1 Å². The van der Waals surface area contributed by atoms with E-state index in [1.54, 1.807) is 48.5 Å². The lowest BCUT2D eigenvalue weighted by Crippen LogP contribution is -2.06. The summed E-state index contributed by atoms with van der Waals surface area (Å²) in [5.74, 6) is 0.577. The van der Waals surface area contributed by atoms with Crippen LogP contribution in [0.15, 0.2) is 82.2 Å². The first kappa shape index (κ1) is 22.4. The highest BCUT2D eigenvalue weighted by atomic mass is 35.5. The molecule has 0 aliphatic rings. The first-order valence-corrected chi connectivity index (χ1v) is 10.8. The Hall–Kier alpha value is -3.77. The molecule has 0 spiro atoms. The van der Waals surface area contributed by atoms with Crippen molar-refractivity contribution < 1.29 is 23.4 Å². The SMILES string of the molecule is CCCOC(=O)c1ccc(Oc2coc3cc(OCc4ccccc4Cl)ccc3c2=O)cc1. The Kier molecular flexibility index (Phi) is 6.95. The lowest BCUT2D eigenvalue weighted by atomic mass is 10.2. The highest BCUT2D eigenvalue weighted by Crippen LogP contribution is 2.25. The molecule has 4 aromatic rings. The molecule has 0 unspecified atom stereocenters. The Morgan fingerprint density at radius 3 is 2.52 bits per heavy atom. The highest BCUT2D eigenvalue weighted by molar-refractivity contribution is 6.31. The maximum atomic E-state index is 12.8. The van der Waals surface area contributed by atoms with Crippen molar-refractivity contribution in [3.05, 3.63) is 99.4 Å². The fourth-order valence-corrected chi connectivity index (χ4v) is 3.28. The molecule has 1 aromatic heterocycles. The fraction of sp³-hybridized carbons (Fsp3) is 0.154. The van der Waals surface area contributed by atoms with Crippen LogP contribution in [-0.2, 0) is 11.3 Å². The van der Waals surface area contributed by atoms with Crippen LogP contribution in [0.3, 0.4) is 0 Å². The smallest absolute Gasteiger partial charge is 0.338 e. The van der Waals surface area contributed by atoms with Crippen LogP contribution in [0.2, 0.25) is 5.02 Å². The topological polar surface area (TPSA) is 75.0 Å². The summed E-state index contributed by atoms with van der Waals surface area (Å²) >= 11 is 6.16. The third-order valence-corrected chi connectivity index (χ3v) is 5.19. The van der Waals surface area contributed by atoms with Gasteiger partial charge in [0, 0.05) is 16.7 Å². The number of halogens is 1. The second kappa shape index (κ2) is 10.2. The lowest BCUT2D eigenvalue weighted by molar-refractivity contribution is 0.0505. The zero-order valence-electron chi connectivity index (χ0n) is 17.9. The van der Waals surface area contributed by atoms with E-state index in [9.17, 15) is 9.59 Å². The molecule has 0 radical (unpaired) electrons. The Morgan fingerprint density at radius 1 is 1.00 bits per heavy atom. The maximum Gasteiger partial charge on any atom is 0.338 e. The number of benzene rings is 3. The summed E-state index contributed by atoms with van der Waals surface area (Å²) in [6.07, 6.45) is 2.01. The van der Waals surface area contributed by atoms with Crippen molar-refractivity contribution in [2.45, 2.75) is 20.0 Å². The van der Waals surface area contributed by atoms with Gasteiger partial charge in [0.1, 0.15) is 30.0 Å². The van der Waals surface area contributed by atoms with Gasteiger partial charge in [-0.05, 0) is 48.9 Å². The molecule has 3 aromatic carbocycles. The lowest BCUT2D eigenvalue weighted by Gasteiger charge is -2.09. The van der Waals surface area contributed by atoms with Crippen molar-refractivity contribution in [2.24, 2.45) is 0 Å². The van der Waals surface area contributed by atoms with Crippen molar-refractivity contribution >= 4 is 28.5 Å². The summed E-state index contributed by atoms with van der Waals surface area (Å²) in [7, 11) is 0. The van der Waals surface area contributed by atoms with Crippen LogP contribution in [-0.4, -0.2) is 12.6 Å².